The van der Waals surface area contributed by atoms with Crippen molar-refractivity contribution in [3.8, 4) is 0 Å². The minimum atomic E-state index is 0. The second-order valence-corrected chi connectivity index (χ2v) is 1.87. The van der Waals surface area contributed by atoms with Crippen molar-refractivity contribution in [1.82, 2.24) is 5.32 Å². The molecule has 0 saturated carbocycles. The quantitative estimate of drug-likeness (QED) is 0.666. The van der Waals surface area contributed by atoms with E-state index in [-0.39, 0.29) is 17.7 Å². The topological polar surface area (TPSA) is 12.0 Å². The van der Waals surface area contributed by atoms with Crippen LogP contribution < -0.4 is 5.32 Å². The fourth-order valence-corrected chi connectivity index (χ4v) is 0.250. The van der Waals surface area contributed by atoms with Gasteiger partial charge >= 0.3 is 0 Å². The third-order valence-corrected chi connectivity index (χ3v) is 0.500. The molecule has 9 heavy (non-hydrogen) atoms. The van der Waals surface area contributed by atoms with Crippen molar-refractivity contribution in [3.05, 3.63) is 0 Å². The Morgan fingerprint density at radius 3 is 1.33 bits per heavy atom. The molecule has 0 aromatic rings. The van der Waals surface area contributed by atoms with E-state index in [1.54, 1.807) is 0 Å². The lowest BCUT2D eigenvalue weighted by Crippen LogP contribution is -2.09. The molecule has 1 nitrogen and oxygen atoms in total. The summed E-state index contributed by atoms with van der Waals surface area (Å²) in [7, 11) is 0. The summed E-state index contributed by atoms with van der Waals surface area (Å²) in [5, 5.41) is 3.31. The molecule has 0 aromatic carbocycles. The first-order valence-corrected chi connectivity index (χ1v) is 3.72. The molecule has 60 valence electrons. The highest BCUT2D eigenvalue weighted by molar-refractivity contribution is 6.40. The second kappa shape index (κ2) is 23.2. The molecule has 1 N–H and O–H groups in total. The van der Waals surface area contributed by atoms with Gasteiger partial charge in [0.25, 0.3) is 0 Å². The maximum absolute atomic E-state index is 4.76. The lowest BCUT2D eigenvalue weighted by Gasteiger charge is -1.86. The van der Waals surface area contributed by atoms with Crippen LogP contribution in [0.3, 0.4) is 0 Å². The fraction of sp³-hybridized carbons (Fsp3) is 1.00. The summed E-state index contributed by atoms with van der Waals surface area (Å²) in [5.41, 5.74) is 0. The van der Waals surface area contributed by atoms with Gasteiger partial charge in [-0.15, -0.1) is 35.6 Å². The SMILES string of the molecule is CCNCC.Cl.ClCCl. The van der Waals surface area contributed by atoms with E-state index in [1.807, 2.05) is 0 Å². The molecule has 0 amide bonds. The van der Waals surface area contributed by atoms with E-state index in [2.05, 4.69) is 19.2 Å². The van der Waals surface area contributed by atoms with Crippen molar-refractivity contribution < 1.29 is 0 Å². The van der Waals surface area contributed by atoms with E-state index in [0.717, 1.165) is 13.1 Å². The molecule has 0 fully saturated rings. The molecule has 0 rings (SSSR count). The van der Waals surface area contributed by atoms with Gasteiger partial charge in [0.15, 0.2) is 0 Å². The Hall–Kier alpha value is 0.830. The summed E-state index contributed by atoms with van der Waals surface area (Å²) in [6, 6.07) is 0. The van der Waals surface area contributed by atoms with Gasteiger partial charge in [-0.2, -0.15) is 0 Å². The average molecular weight is 195 g/mol. The Balaban J connectivity index is -0.0000000800. The Bertz CT molecular complexity index is 26.2. The van der Waals surface area contributed by atoms with Crippen LogP contribution in [0, 0.1) is 0 Å². The summed E-state index contributed by atoms with van der Waals surface area (Å²) in [6.45, 7) is 6.39. The number of halogens is 3. The minimum Gasteiger partial charge on any atom is -0.317 e. The molecule has 0 radical (unpaired) electrons. The van der Waals surface area contributed by atoms with Crippen LogP contribution in [0.5, 0.6) is 0 Å². The molecule has 0 saturated heterocycles. The van der Waals surface area contributed by atoms with Crippen LogP contribution in [0.1, 0.15) is 13.8 Å². The Kier molecular flexibility index (Phi) is 42.4. The summed E-state index contributed by atoms with van der Waals surface area (Å²) in [4.78, 5) is 0. The van der Waals surface area contributed by atoms with E-state index in [0.29, 0.717) is 0 Å². The molecule has 0 atom stereocenters. The number of hydrogen-bond acceptors (Lipinski definition) is 1. The van der Waals surface area contributed by atoms with Crippen molar-refractivity contribution in [1.29, 1.82) is 0 Å². The van der Waals surface area contributed by atoms with Gasteiger partial charge in [-0.05, 0) is 13.1 Å². The fourth-order valence-electron chi connectivity index (χ4n) is 0.250. The predicted octanol–water partition coefficient (Wildman–Crippen LogP) is 2.46. The van der Waals surface area contributed by atoms with E-state index in [4.69, 9.17) is 23.2 Å². The van der Waals surface area contributed by atoms with Gasteiger partial charge in [0.05, 0.1) is 5.34 Å². The van der Waals surface area contributed by atoms with Crippen molar-refractivity contribution >= 4 is 35.6 Å². The first-order chi connectivity index (χ1) is 3.83. The number of rotatable bonds is 2. The molecule has 0 aromatic heterocycles. The van der Waals surface area contributed by atoms with Crippen molar-refractivity contribution in [2.24, 2.45) is 0 Å². The van der Waals surface area contributed by atoms with Crippen LogP contribution in [0.15, 0.2) is 0 Å². The lowest BCUT2D eigenvalue weighted by atomic mass is 10.7. The van der Waals surface area contributed by atoms with Crippen LogP contribution >= 0.6 is 35.6 Å². The minimum absolute atomic E-state index is 0. The van der Waals surface area contributed by atoms with Crippen LogP contribution in [-0.2, 0) is 0 Å². The van der Waals surface area contributed by atoms with Gasteiger partial charge < -0.3 is 5.32 Å². The molecule has 0 unspecified atom stereocenters. The van der Waals surface area contributed by atoms with E-state index >= 15 is 0 Å². The maximum atomic E-state index is 4.76. The van der Waals surface area contributed by atoms with Crippen molar-refractivity contribution in [2.75, 3.05) is 18.4 Å². The van der Waals surface area contributed by atoms with Gasteiger partial charge in [-0.1, -0.05) is 13.8 Å². The summed E-state index contributed by atoms with van der Waals surface area (Å²) in [5.74, 6) is 0. The first kappa shape index (κ1) is 16.4. The first-order valence-electron chi connectivity index (χ1n) is 2.66. The zero-order valence-corrected chi connectivity index (χ0v) is 8.11. The molecule has 0 heterocycles. The molecular formula is C5H14Cl3N. The number of hydrogen-bond donors (Lipinski definition) is 1. The summed E-state index contributed by atoms with van der Waals surface area (Å²) >= 11 is 9.53. The van der Waals surface area contributed by atoms with Gasteiger partial charge in [-0.3, -0.25) is 0 Å². The Morgan fingerprint density at radius 1 is 1.11 bits per heavy atom. The van der Waals surface area contributed by atoms with Gasteiger partial charge in [0, 0.05) is 0 Å². The second-order valence-electron chi connectivity index (χ2n) is 1.06. The van der Waals surface area contributed by atoms with Crippen molar-refractivity contribution in [3.63, 3.8) is 0 Å². The normalized spacial score (nSPS) is 6.67. The molecule has 0 bridgehead atoms. The number of alkyl halides is 2. The smallest absolute Gasteiger partial charge is 0.0967 e. The zero-order valence-electron chi connectivity index (χ0n) is 5.79. The monoisotopic (exact) mass is 193 g/mol. The molecule has 0 aliphatic heterocycles. The molecule has 0 aliphatic rings. The van der Waals surface area contributed by atoms with Crippen LogP contribution in [-0.4, -0.2) is 18.4 Å². The Labute approximate surface area is 73.5 Å². The van der Waals surface area contributed by atoms with Gasteiger partial charge in [0.1, 0.15) is 0 Å². The largest absolute Gasteiger partial charge is 0.317 e. The molecule has 0 spiro atoms. The lowest BCUT2D eigenvalue weighted by molar-refractivity contribution is 0.762. The third kappa shape index (κ3) is 51.4. The zero-order chi connectivity index (χ0) is 6.83. The highest BCUT2D eigenvalue weighted by Gasteiger charge is 1.62. The van der Waals surface area contributed by atoms with E-state index in [1.165, 1.54) is 0 Å². The van der Waals surface area contributed by atoms with Gasteiger partial charge in [-0.25, -0.2) is 0 Å². The van der Waals surface area contributed by atoms with E-state index < -0.39 is 0 Å². The highest BCUT2D eigenvalue weighted by atomic mass is 35.5. The maximum Gasteiger partial charge on any atom is 0.0967 e. The predicted molar refractivity (Wildman–Crippen MR) is 48.0 cm³/mol. The Morgan fingerprint density at radius 2 is 1.33 bits per heavy atom. The molecular weight excluding hydrogens is 180 g/mol. The summed E-state index contributed by atoms with van der Waals surface area (Å²) < 4.78 is 0. The average Bonchev–Trinajstić information content (AvgIpc) is 1.71. The molecule has 0 aliphatic carbocycles. The van der Waals surface area contributed by atoms with Crippen molar-refractivity contribution in [2.45, 2.75) is 13.8 Å². The van der Waals surface area contributed by atoms with Crippen LogP contribution in [0.4, 0.5) is 0 Å². The highest BCUT2D eigenvalue weighted by Crippen LogP contribution is 1.73. The van der Waals surface area contributed by atoms with E-state index in [9.17, 15) is 0 Å². The third-order valence-electron chi connectivity index (χ3n) is 0.500. The van der Waals surface area contributed by atoms with Crippen LogP contribution in [0.2, 0.25) is 0 Å². The number of nitrogens with one attached hydrogen (secondary N) is 1. The standard InChI is InChI=1S/C4H11N.CH2Cl2.ClH/c1-3-5-4-2;2-1-3;/h5H,3-4H2,1-2H3;1H2;1H. The summed E-state index contributed by atoms with van der Waals surface area (Å²) in [6.07, 6.45) is 0. The van der Waals surface area contributed by atoms with Crippen LogP contribution in [0.25, 0.3) is 0 Å². The molecule has 4 heteroatoms. The van der Waals surface area contributed by atoms with Gasteiger partial charge in [0.2, 0.25) is 0 Å².